The van der Waals surface area contributed by atoms with E-state index in [9.17, 15) is 0 Å². The van der Waals surface area contributed by atoms with Crippen LogP contribution < -0.4 is 0 Å². The van der Waals surface area contributed by atoms with Crippen molar-refractivity contribution in [2.45, 2.75) is 72.0 Å². The highest BCUT2D eigenvalue weighted by Crippen LogP contribution is 2.64. The molecular weight excluding hydrogens is 296 g/mol. The first-order valence-electron chi connectivity index (χ1n) is 9.52. The summed E-state index contributed by atoms with van der Waals surface area (Å²) in [5.74, 6) is 1.43. The van der Waals surface area contributed by atoms with Gasteiger partial charge in [0, 0.05) is 13.7 Å². The molecule has 0 spiro atoms. The monoisotopic (exact) mass is 330 g/mol. The van der Waals surface area contributed by atoms with Crippen molar-refractivity contribution >= 4 is 0 Å². The summed E-state index contributed by atoms with van der Waals surface area (Å²) in [5, 5.41) is 0. The highest BCUT2D eigenvalue weighted by Gasteiger charge is 2.64. The molecule has 0 radical (unpaired) electrons. The van der Waals surface area contributed by atoms with Gasteiger partial charge in [-0.2, -0.15) is 0 Å². The Bertz CT molecular complexity index is 592. The van der Waals surface area contributed by atoms with Crippen molar-refractivity contribution < 1.29 is 9.47 Å². The molecule has 2 nitrogen and oxygen atoms in total. The summed E-state index contributed by atoms with van der Waals surface area (Å²) < 4.78 is 12.3. The van der Waals surface area contributed by atoms with E-state index in [1.165, 1.54) is 23.1 Å². The number of benzene rings is 1. The topological polar surface area (TPSA) is 18.5 Å². The molecule has 3 fully saturated rings. The molecule has 0 amide bonds. The molecule has 0 heterocycles. The molecule has 2 bridgehead atoms. The second kappa shape index (κ2) is 6.46. The van der Waals surface area contributed by atoms with Gasteiger partial charge in [-0.25, -0.2) is 0 Å². The average molecular weight is 331 g/mol. The van der Waals surface area contributed by atoms with E-state index in [-0.39, 0.29) is 11.7 Å². The van der Waals surface area contributed by atoms with Crippen LogP contribution in [0.2, 0.25) is 0 Å². The van der Waals surface area contributed by atoms with Crippen molar-refractivity contribution in [2.24, 2.45) is 17.3 Å². The van der Waals surface area contributed by atoms with Gasteiger partial charge in [0.25, 0.3) is 0 Å². The lowest BCUT2D eigenvalue weighted by atomic mass is 9.43. The zero-order valence-electron chi connectivity index (χ0n) is 16.3. The van der Waals surface area contributed by atoms with Crippen LogP contribution >= 0.6 is 0 Å². The summed E-state index contributed by atoms with van der Waals surface area (Å²) in [6.45, 7) is 12.3. The maximum Gasteiger partial charge on any atom is 0.0948 e. The Morgan fingerprint density at radius 2 is 1.88 bits per heavy atom. The fourth-order valence-electron chi connectivity index (χ4n) is 5.31. The number of methoxy groups -OCH3 is 1. The molecule has 0 unspecified atom stereocenters. The number of aryl methyl sites for hydroxylation is 3. The molecule has 0 N–H and O–H groups in total. The van der Waals surface area contributed by atoms with Crippen molar-refractivity contribution in [2.75, 3.05) is 13.7 Å². The first-order valence-corrected chi connectivity index (χ1v) is 9.52. The van der Waals surface area contributed by atoms with Gasteiger partial charge in [-0.3, -0.25) is 0 Å². The van der Waals surface area contributed by atoms with E-state index >= 15 is 0 Å². The van der Waals surface area contributed by atoms with E-state index in [2.05, 4.69) is 52.8 Å². The maximum absolute atomic E-state index is 6.52. The smallest absolute Gasteiger partial charge is 0.0948 e. The fraction of sp³-hybridized carbons (Fsp3) is 0.727. The molecule has 4 rings (SSSR count). The summed E-state index contributed by atoms with van der Waals surface area (Å²) in [6, 6.07) is 6.75. The molecule has 0 aliphatic heterocycles. The van der Waals surface area contributed by atoms with Crippen LogP contribution in [-0.4, -0.2) is 25.4 Å². The minimum Gasteiger partial charge on any atom is -0.378 e. The molecule has 24 heavy (non-hydrogen) atoms. The Balaban J connectivity index is 1.58. The molecule has 2 heteroatoms. The van der Waals surface area contributed by atoms with Crippen LogP contribution in [0.3, 0.4) is 0 Å². The highest BCUT2D eigenvalue weighted by molar-refractivity contribution is 5.30. The molecule has 1 aromatic rings. The third kappa shape index (κ3) is 2.93. The number of hydrogen-bond donors (Lipinski definition) is 0. The van der Waals surface area contributed by atoms with Gasteiger partial charge < -0.3 is 9.47 Å². The largest absolute Gasteiger partial charge is 0.378 e. The van der Waals surface area contributed by atoms with Crippen molar-refractivity contribution in [3.8, 4) is 0 Å². The molecular formula is C22H34O2. The van der Waals surface area contributed by atoms with Crippen LogP contribution in [0.25, 0.3) is 0 Å². The first-order chi connectivity index (χ1) is 11.3. The fourth-order valence-corrected chi connectivity index (χ4v) is 5.31. The van der Waals surface area contributed by atoms with Gasteiger partial charge in [0.05, 0.1) is 11.7 Å². The van der Waals surface area contributed by atoms with Crippen molar-refractivity contribution in [3.05, 3.63) is 34.9 Å². The normalized spacial score (nSPS) is 34.0. The standard InChI is InChI=1S/C22H34O2/c1-15-9-10-17(16(2)12-15)8-7-11-24-22(5)19-13-18(21(19,3)4)14-20(22)23-6/h9-10,12,18-20H,7-8,11,13-14H2,1-6H3/t18-,19-,20+,22-/m0/s1. The molecule has 0 aromatic heterocycles. The predicted molar refractivity (Wildman–Crippen MR) is 99.4 cm³/mol. The second-order valence-electron chi connectivity index (χ2n) is 8.83. The molecule has 3 saturated carbocycles. The molecule has 1 aromatic carbocycles. The molecule has 3 aliphatic rings. The quantitative estimate of drug-likeness (QED) is 0.676. The Kier molecular flexibility index (Phi) is 4.83. The predicted octanol–water partition coefficient (Wildman–Crippen LogP) is 5.09. The van der Waals surface area contributed by atoms with Crippen LogP contribution in [0.15, 0.2) is 18.2 Å². The van der Waals surface area contributed by atoms with Crippen LogP contribution in [0.5, 0.6) is 0 Å². The third-order valence-electron chi connectivity index (χ3n) is 7.09. The van der Waals surface area contributed by atoms with E-state index in [1.807, 2.05) is 7.11 Å². The molecule has 0 saturated heterocycles. The summed E-state index contributed by atoms with van der Waals surface area (Å²) >= 11 is 0. The lowest BCUT2D eigenvalue weighted by Crippen LogP contribution is -2.67. The van der Waals surface area contributed by atoms with E-state index in [0.717, 1.165) is 31.8 Å². The summed E-state index contributed by atoms with van der Waals surface area (Å²) in [7, 11) is 1.85. The van der Waals surface area contributed by atoms with Crippen molar-refractivity contribution in [1.82, 2.24) is 0 Å². The van der Waals surface area contributed by atoms with E-state index in [4.69, 9.17) is 9.47 Å². The molecule has 4 atom stereocenters. The van der Waals surface area contributed by atoms with Crippen LogP contribution in [0.1, 0.15) is 56.7 Å². The Morgan fingerprint density at radius 3 is 2.50 bits per heavy atom. The van der Waals surface area contributed by atoms with Crippen LogP contribution in [0, 0.1) is 31.1 Å². The maximum atomic E-state index is 6.52. The minimum absolute atomic E-state index is 0.130. The van der Waals surface area contributed by atoms with E-state index < -0.39 is 0 Å². The SMILES string of the molecule is CO[C@@H]1C[C@@H]2C[C@@H](C2(C)C)[C@]1(C)OCCCc1ccc(C)cc1C. The van der Waals surface area contributed by atoms with Gasteiger partial charge in [0.1, 0.15) is 0 Å². The van der Waals surface area contributed by atoms with Gasteiger partial charge in [-0.15, -0.1) is 0 Å². The van der Waals surface area contributed by atoms with Crippen LogP contribution in [-0.2, 0) is 15.9 Å². The van der Waals surface area contributed by atoms with Crippen molar-refractivity contribution in [1.29, 1.82) is 0 Å². The Morgan fingerprint density at radius 1 is 1.12 bits per heavy atom. The van der Waals surface area contributed by atoms with Gasteiger partial charge in [-0.1, -0.05) is 37.6 Å². The summed E-state index contributed by atoms with van der Waals surface area (Å²) in [6.07, 6.45) is 4.87. The minimum atomic E-state index is -0.130. The number of fused-ring (bicyclic) bond motifs is 2. The number of hydrogen-bond acceptors (Lipinski definition) is 2. The molecule has 3 aliphatic carbocycles. The summed E-state index contributed by atoms with van der Waals surface area (Å²) in [5.41, 5.74) is 4.46. The van der Waals surface area contributed by atoms with Gasteiger partial charge >= 0.3 is 0 Å². The lowest BCUT2D eigenvalue weighted by molar-refractivity contribution is -0.270. The average Bonchev–Trinajstić information content (AvgIpc) is 2.52. The Labute approximate surface area is 147 Å². The van der Waals surface area contributed by atoms with Crippen molar-refractivity contribution in [3.63, 3.8) is 0 Å². The highest BCUT2D eigenvalue weighted by atomic mass is 16.5. The Hall–Kier alpha value is -0.860. The van der Waals surface area contributed by atoms with Gasteiger partial charge in [0.15, 0.2) is 0 Å². The van der Waals surface area contributed by atoms with Gasteiger partial charge in [0.2, 0.25) is 0 Å². The third-order valence-corrected chi connectivity index (χ3v) is 7.09. The van der Waals surface area contributed by atoms with Crippen LogP contribution in [0.4, 0.5) is 0 Å². The zero-order chi connectivity index (χ0) is 17.5. The zero-order valence-corrected chi connectivity index (χ0v) is 16.3. The number of ether oxygens (including phenoxy) is 2. The first kappa shape index (κ1) is 17.9. The van der Waals surface area contributed by atoms with Gasteiger partial charge in [-0.05, 0) is 74.8 Å². The lowest BCUT2D eigenvalue weighted by Gasteiger charge is -2.66. The number of rotatable bonds is 6. The van der Waals surface area contributed by atoms with E-state index in [0.29, 0.717) is 11.3 Å². The second-order valence-corrected chi connectivity index (χ2v) is 8.83. The van der Waals surface area contributed by atoms with E-state index in [1.54, 1.807) is 0 Å². The summed E-state index contributed by atoms with van der Waals surface area (Å²) in [4.78, 5) is 0. The molecule has 134 valence electrons.